The van der Waals surface area contributed by atoms with Crippen LogP contribution >= 0.6 is 0 Å². The van der Waals surface area contributed by atoms with Crippen LogP contribution in [0.4, 0.5) is 0 Å². The van der Waals surface area contributed by atoms with Gasteiger partial charge in [-0.3, -0.25) is 14.4 Å². The standard InChI is InChI=1S/C65H112O6/c1-4-7-10-13-16-19-22-25-28-31-32-35-37-40-43-46-49-52-55-58-64(67)70-61-62(71-65(68)59-56-53-50-47-44-41-38-34-30-27-24-21-18-15-12-9-6-3)60-69-63(66)57-54-51-48-45-42-39-36-33-29-26-23-20-17-14-11-8-5-2/h16-17,19-20,25-30,36,39,45,48,62H,4-15,18,21-24,31-35,37-38,40-44,46-47,49-61H2,1-3H3/b19-16-,20-17-,28-25-,29-26-,30-27-,39-36-,48-45-/t62-/m0/s1. The number of unbranched alkanes of at least 4 members (excludes halogenated alkanes) is 29. The molecule has 0 aromatic carbocycles. The predicted molar refractivity (Wildman–Crippen MR) is 307 cm³/mol. The number of hydrogen-bond acceptors (Lipinski definition) is 6. The molecule has 6 heteroatoms. The maximum absolute atomic E-state index is 12.9. The van der Waals surface area contributed by atoms with Crippen LogP contribution in [0.2, 0.25) is 0 Å². The number of ether oxygens (including phenoxy) is 3. The first kappa shape index (κ1) is 67.6. The van der Waals surface area contributed by atoms with Crippen molar-refractivity contribution in [1.29, 1.82) is 0 Å². The molecule has 0 saturated carbocycles. The molecule has 6 nitrogen and oxygen atoms in total. The van der Waals surface area contributed by atoms with Crippen LogP contribution in [-0.2, 0) is 28.6 Å². The van der Waals surface area contributed by atoms with Gasteiger partial charge in [-0.05, 0) is 116 Å². The number of allylic oxidation sites excluding steroid dienone is 14. The van der Waals surface area contributed by atoms with E-state index in [0.29, 0.717) is 19.3 Å². The zero-order valence-corrected chi connectivity index (χ0v) is 46.7. The summed E-state index contributed by atoms with van der Waals surface area (Å²) in [5.74, 6) is -0.956. The number of rotatable bonds is 54. The lowest BCUT2D eigenvalue weighted by molar-refractivity contribution is -0.167. The van der Waals surface area contributed by atoms with Gasteiger partial charge in [0.1, 0.15) is 13.2 Å². The first-order valence-corrected chi connectivity index (χ1v) is 30.1. The quantitative estimate of drug-likeness (QED) is 0.0261. The number of hydrogen-bond donors (Lipinski definition) is 0. The lowest BCUT2D eigenvalue weighted by Gasteiger charge is -2.18. The van der Waals surface area contributed by atoms with Crippen LogP contribution < -0.4 is 0 Å². The third-order valence-corrected chi connectivity index (χ3v) is 12.8. The lowest BCUT2D eigenvalue weighted by atomic mass is 10.1. The van der Waals surface area contributed by atoms with Crippen molar-refractivity contribution in [2.45, 2.75) is 297 Å². The first-order valence-electron chi connectivity index (χ1n) is 30.1. The van der Waals surface area contributed by atoms with Crippen molar-refractivity contribution in [3.63, 3.8) is 0 Å². The Balaban J connectivity index is 4.46. The Hall–Kier alpha value is -3.41. The van der Waals surface area contributed by atoms with Gasteiger partial charge in [0.05, 0.1) is 0 Å². The molecule has 0 N–H and O–H groups in total. The van der Waals surface area contributed by atoms with Crippen LogP contribution in [0.5, 0.6) is 0 Å². The molecule has 0 fully saturated rings. The second-order valence-electron chi connectivity index (χ2n) is 19.9. The highest BCUT2D eigenvalue weighted by atomic mass is 16.6. The van der Waals surface area contributed by atoms with Gasteiger partial charge in [0.25, 0.3) is 0 Å². The van der Waals surface area contributed by atoms with Crippen molar-refractivity contribution in [2.24, 2.45) is 0 Å². The summed E-state index contributed by atoms with van der Waals surface area (Å²) in [6.07, 6.45) is 77.2. The van der Waals surface area contributed by atoms with Crippen molar-refractivity contribution in [3.05, 3.63) is 85.1 Å². The van der Waals surface area contributed by atoms with Gasteiger partial charge < -0.3 is 14.2 Å². The second-order valence-corrected chi connectivity index (χ2v) is 19.9. The Bertz CT molecular complexity index is 1370. The summed E-state index contributed by atoms with van der Waals surface area (Å²) >= 11 is 0. The molecule has 0 radical (unpaired) electrons. The van der Waals surface area contributed by atoms with Crippen LogP contribution in [0.1, 0.15) is 290 Å². The molecule has 0 spiro atoms. The molecular formula is C65H112O6. The normalized spacial score (nSPS) is 12.7. The van der Waals surface area contributed by atoms with E-state index in [1.807, 2.05) is 0 Å². The largest absolute Gasteiger partial charge is 0.462 e. The minimum absolute atomic E-state index is 0.0970. The Kier molecular flexibility index (Phi) is 56.3. The molecule has 0 aromatic rings. The average Bonchev–Trinajstić information content (AvgIpc) is 3.37. The number of carbonyl (C=O) groups excluding carboxylic acids is 3. The van der Waals surface area contributed by atoms with Crippen LogP contribution in [-0.4, -0.2) is 37.2 Å². The summed E-state index contributed by atoms with van der Waals surface area (Å²) in [5.41, 5.74) is 0. The molecule has 71 heavy (non-hydrogen) atoms. The molecule has 0 aromatic heterocycles. The van der Waals surface area contributed by atoms with Gasteiger partial charge in [-0.1, -0.05) is 241 Å². The van der Waals surface area contributed by atoms with Crippen LogP contribution in [0.25, 0.3) is 0 Å². The highest BCUT2D eigenvalue weighted by Crippen LogP contribution is 2.15. The van der Waals surface area contributed by atoms with Gasteiger partial charge in [-0.25, -0.2) is 0 Å². The fraction of sp³-hybridized carbons (Fsp3) is 0.738. The highest BCUT2D eigenvalue weighted by molar-refractivity contribution is 5.71. The molecule has 0 saturated heterocycles. The Morgan fingerprint density at radius 3 is 0.887 bits per heavy atom. The summed E-state index contributed by atoms with van der Waals surface area (Å²) in [7, 11) is 0. The van der Waals surface area contributed by atoms with Crippen LogP contribution in [0.3, 0.4) is 0 Å². The third kappa shape index (κ3) is 57.4. The van der Waals surface area contributed by atoms with Gasteiger partial charge in [0.2, 0.25) is 0 Å². The minimum Gasteiger partial charge on any atom is -0.462 e. The zero-order chi connectivity index (χ0) is 51.4. The van der Waals surface area contributed by atoms with Gasteiger partial charge in [0, 0.05) is 19.3 Å². The molecule has 0 amide bonds. The number of carbonyl (C=O) groups is 3. The van der Waals surface area contributed by atoms with Crippen LogP contribution in [0, 0.1) is 0 Å². The fourth-order valence-electron chi connectivity index (χ4n) is 8.28. The van der Waals surface area contributed by atoms with Crippen molar-refractivity contribution in [3.8, 4) is 0 Å². The molecule has 408 valence electrons. The van der Waals surface area contributed by atoms with Crippen LogP contribution in [0.15, 0.2) is 85.1 Å². The van der Waals surface area contributed by atoms with Gasteiger partial charge in [-0.15, -0.1) is 0 Å². The van der Waals surface area contributed by atoms with E-state index >= 15 is 0 Å². The maximum atomic E-state index is 12.9. The average molecular weight is 990 g/mol. The number of esters is 3. The molecule has 0 unspecified atom stereocenters. The molecule has 0 aliphatic heterocycles. The van der Waals surface area contributed by atoms with E-state index in [2.05, 4.69) is 106 Å². The molecule has 0 bridgehead atoms. The summed E-state index contributed by atoms with van der Waals surface area (Å²) in [4.78, 5) is 38.2. The first-order chi connectivity index (χ1) is 35.0. The topological polar surface area (TPSA) is 78.9 Å². The molecule has 0 aliphatic carbocycles. The third-order valence-electron chi connectivity index (χ3n) is 12.8. The van der Waals surface area contributed by atoms with E-state index < -0.39 is 6.10 Å². The molecular weight excluding hydrogens is 877 g/mol. The summed E-state index contributed by atoms with van der Waals surface area (Å²) in [6.45, 7) is 6.55. The summed E-state index contributed by atoms with van der Waals surface area (Å²) in [5, 5.41) is 0. The van der Waals surface area contributed by atoms with Crippen molar-refractivity contribution < 1.29 is 28.6 Å². The zero-order valence-electron chi connectivity index (χ0n) is 46.7. The Labute approximate surface area is 439 Å². The Morgan fingerprint density at radius 2 is 0.521 bits per heavy atom. The van der Waals surface area contributed by atoms with E-state index in [0.717, 1.165) is 70.6 Å². The lowest BCUT2D eigenvalue weighted by Crippen LogP contribution is -2.30. The molecule has 0 aliphatic rings. The Morgan fingerprint density at radius 1 is 0.282 bits per heavy atom. The van der Waals surface area contributed by atoms with Gasteiger partial charge in [0.15, 0.2) is 6.10 Å². The molecule has 0 heterocycles. The van der Waals surface area contributed by atoms with Crippen molar-refractivity contribution >= 4 is 17.9 Å². The van der Waals surface area contributed by atoms with Crippen molar-refractivity contribution in [1.82, 2.24) is 0 Å². The van der Waals surface area contributed by atoms with E-state index in [1.165, 1.54) is 173 Å². The monoisotopic (exact) mass is 989 g/mol. The summed E-state index contributed by atoms with van der Waals surface area (Å²) in [6, 6.07) is 0. The predicted octanol–water partition coefficient (Wildman–Crippen LogP) is 20.3. The minimum atomic E-state index is -0.804. The molecule has 1 atom stereocenters. The molecule has 0 rings (SSSR count). The summed E-state index contributed by atoms with van der Waals surface area (Å²) < 4.78 is 16.8. The van der Waals surface area contributed by atoms with E-state index in [4.69, 9.17) is 14.2 Å². The fourth-order valence-corrected chi connectivity index (χ4v) is 8.28. The van der Waals surface area contributed by atoms with E-state index in [9.17, 15) is 14.4 Å². The van der Waals surface area contributed by atoms with E-state index in [-0.39, 0.29) is 37.5 Å². The smallest absolute Gasteiger partial charge is 0.306 e. The van der Waals surface area contributed by atoms with Crippen molar-refractivity contribution in [2.75, 3.05) is 13.2 Å². The van der Waals surface area contributed by atoms with Gasteiger partial charge >= 0.3 is 17.9 Å². The maximum Gasteiger partial charge on any atom is 0.306 e. The second kappa shape index (κ2) is 59.2. The van der Waals surface area contributed by atoms with Gasteiger partial charge in [-0.2, -0.15) is 0 Å². The highest BCUT2D eigenvalue weighted by Gasteiger charge is 2.19. The SMILES string of the molecule is CCCCC/C=C\C/C=C\C/C=C\C/C=C\CCCC(=O)OC[C@@H](COC(=O)CCCCCCCCCCC/C=C\C/C=C\CCCCC)OC(=O)CCCCCCCCC/C=C\CCCCCCCC. The van der Waals surface area contributed by atoms with E-state index in [1.54, 1.807) is 0 Å².